The van der Waals surface area contributed by atoms with Crippen LogP contribution in [0.2, 0.25) is 10.0 Å². The lowest BCUT2D eigenvalue weighted by molar-refractivity contribution is -0.384. The Balaban J connectivity index is 1.41. The molecule has 0 heterocycles. The molecule has 0 saturated heterocycles. The molecule has 0 saturated carbocycles. The summed E-state index contributed by atoms with van der Waals surface area (Å²) in [5, 5.41) is 14.1. The van der Waals surface area contributed by atoms with E-state index in [0.29, 0.717) is 27.2 Å². The van der Waals surface area contributed by atoms with Gasteiger partial charge in [0.25, 0.3) is 5.69 Å². The van der Waals surface area contributed by atoms with Crippen LogP contribution in [0.15, 0.2) is 66.7 Å². The zero-order chi connectivity index (χ0) is 25.4. The van der Waals surface area contributed by atoms with E-state index in [1.165, 1.54) is 24.3 Å². The maximum Gasteiger partial charge on any atom is 0.306 e. The molecule has 0 aromatic heterocycles. The molecule has 180 valence electrons. The zero-order valence-electron chi connectivity index (χ0n) is 18.0. The van der Waals surface area contributed by atoms with Crippen LogP contribution in [0.1, 0.15) is 23.2 Å². The first-order chi connectivity index (χ1) is 16.7. The summed E-state index contributed by atoms with van der Waals surface area (Å²) in [6.07, 6.45) is -0.376. The Kier molecular flexibility index (Phi) is 8.77. The molecule has 3 rings (SSSR count). The van der Waals surface area contributed by atoms with Crippen LogP contribution in [-0.2, 0) is 14.3 Å². The fourth-order valence-corrected chi connectivity index (χ4v) is 3.25. The number of carbonyl (C=O) groups is 3. The zero-order valence-corrected chi connectivity index (χ0v) is 19.5. The van der Waals surface area contributed by atoms with Crippen molar-refractivity contribution in [3.05, 3.63) is 92.5 Å². The number of amides is 1. The van der Waals surface area contributed by atoms with E-state index in [4.69, 9.17) is 32.7 Å². The Morgan fingerprint density at radius 2 is 1.60 bits per heavy atom. The maximum atomic E-state index is 12.1. The average Bonchev–Trinajstić information content (AvgIpc) is 2.84. The lowest BCUT2D eigenvalue weighted by Crippen LogP contribution is -2.17. The number of halogens is 2. The highest BCUT2D eigenvalue weighted by Gasteiger charge is 2.14. The van der Waals surface area contributed by atoms with Gasteiger partial charge in [0.15, 0.2) is 12.4 Å². The maximum absolute atomic E-state index is 12.1. The summed E-state index contributed by atoms with van der Waals surface area (Å²) in [5.41, 5.74) is 0.510. The first-order valence-corrected chi connectivity index (χ1v) is 10.9. The van der Waals surface area contributed by atoms with E-state index in [1.54, 1.807) is 42.5 Å². The van der Waals surface area contributed by atoms with Gasteiger partial charge >= 0.3 is 5.97 Å². The fraction of sp³-hybridized carbons (Fsp3) is 0.125. The second kappa shape index (κ2) is 12.0. The summed E-state index contributed by atoms with van der Waals surface area (Å²) < 4.78 is 10.6. The first kappa shape index (κ1) is 25.7. The number of hydrogen-bond acceptors (Lipinski definition) is 7. The molecule has 0 atom stereocenters. The second-order valence-electron chi connectivity index (χ2n) is 7.14. The van der Waals surface area contributed by atoms with Crippen molar-refractivity contribution in [3.63, 3.8) is 0 Å². The van der Waals surface area contributed by atoms with Gasteiger partial charge in [-0.15, -0.1) is 0 Å². The SMILES string of the molecule is O=C(CCC(=O)OCC(=O)c1ccc([N+](=O)[O-])cc1)Nc1ccc(Oc2ccc(Cl)cc2Cl)cc1. The van der Waals surface area contributed by atoms with Gasteiger partial charge in [-0.1, -0.05) is 23.2 Å². The molecule has 0 radical (unpaired) electrons. The molecule has 0 aliphatic rings. The molecule has 11 heteroatoms. The number of nitro benzene ring substituents is 1. The summed E-state index contributed by atoms with van der Waals surface area (Å²) in [7, 11) is 0. The number of rotatable bonds is 10. The minimum atomic E-state index is -0.723. The van der Waals surface area contributed by atoms with E-state index in [1.807, 2.05) is 0 Å². The molecule has 0 fully saturated rings. The summed E-state index contributed by atoms with van der Waals surface area (Å²) in [6.45, 7) is -0.530. The minimum absolute atomic E-state index is 0.150. The summed E-state index contributed by atoms with van der Waals surface area (Å²) in [4.78, 5) is 46.1. The number of ether oxygens (including phenoxy) is 2. The highest BCUT2D eigenvalue weighted by molar-refractivity contribution is 6.35. The van der Waals surface area contributed by atoms with Crippen LogP contribution in [0.4, 0.5) is 11.4 Å². The molecule has 0 spiro atoms. The molecule has 9 nitrogen and oxygen atoms in total. The third-order valence-corrected chi connectivity index (χ3v) is 5.11. The van der Waals surface area contributed by atoms with Gasteiger partial charge in [-0.05, 0) is 54.6 Å². The molecular weight excluding hydrogens is 499 g/mol. The molecular formula is C24H18Cl2N2O7. The Morgan fingerprint density at radius 3 is 2.23 bits per heavy atom. The van der Waals surface area contributed by atoms with Crippen LogP contribution in [0.3, 0.4) is 0 Å². The number of ketones is 1. The van der Waals surface area contributed by atoms with Gasteiger partial charge in [-0.3, -0.25) is 24.5 Å². The number of nitrogens with one attached hydrogen (secondary N) is 1. The third-order valence-electron chi connectivity index (χ3n) is 4.58. The van der Waals surface area contributed by atoms with Crippen molar-refractivity contribution < 1.29 is 28.8 Å². The van der Waals surface area contributed by atoms with Gasteiger partial charge in [0.2, 0.25) is 5.91 Å². The smallest absolute Gasteiger partial charge is 0.306 e. The number of hydrogen-bond donors (Lipinski definition) is 1. The topological polar surface area (TPSA) is 125 Å². The Bertz CT molecular complexity index is 1250. The largest absolute Gasteiger partial charge is 0.457 e. The number of carbonyl (C=O) groups excluding carboxylic acids is 3. The quantitative estimate of drug-likeness (QED) is 0.155. The van der Waals surface area contributed by atoms with Crippen molar-refractivity contribution in [2.24, 2.45) is 0 Å². The molecule has 0 bridgehead atoms. The van der Waals surface area contributed by atoms with E-state index < -0.39 is 29.2 Å². The molecule has 1 N–H and O–H groups in total. The number of esters is 1. The van der Waals surface area contributed by atoms with Gasteiger partial charge in [-0.25, -0.2) is 0 Å². The molecule has 35 heavy (non-hydrogen) atoms. The highest BCUT2D eigenvalue weighted by atomic mass is 35.5. The Labute approximate surface area is 209 Å². The van der Waals surface area contributed by atoms with Crippen LogP contribution in [0.25, 0.3) is 0 Å². The van der Waals surface area contributed by atoms with Gasteiger partial charge < -0.3 is 14.8 Å². The van der Waals surface area contributed by atoms with Crippen molar-refractivity contribution in [1.82, 2.24) is 0 Å². The van der Waals surface area contributed by atoms with Crippen molar-refractivity contribution in [2.45, 2.75) is 12.8 Å². The van der Waals surface area contributed by atoms with E-state index in [2.05, 4.69) is 5.32 Å². The number of Topliss-reactive ketones (excluding diaryl/α,β-unsaturated/α-hetero) is 1. The number of nitrogens with zero attached hydrogens (tertiary/aromatic N) is 1. The number of non-ortho nitro benzene ring substituents is 1. The van der Waals surface area contributed by atoms with Gasteiger partial charge in [-0.2, -0.15) is 0 Å². The van der Waals surface area contributed by atoms with Crippen LogP contribution in [-0.4, -0.2) is 29.2 Å². The minimum Gasteiger partial charge on any atom is -0.457 e. The summed E-state index contributed by atoms with van der Waals surface area (Å²) in [5.74, 6) is -0.733. The predicted octanol–water partition coefficient (Wildman–Crippen LogP) is 5.84. The van der Waals surface area contributed by atoms with Crippen LogP contribution >= 0.6 is 23.2 Å². The normalized spacial score (nSPS) is 10.3. The molecule has 1 amide bonds. The molecule has 0 aliphatic heterocycles. The van der Waals surface area contributed by atoms with Crippen molar-refractivity contribution in [3.8, 4) is 11.5 Å². The number of benzene rings is 3. The fourth-order valence-electron chi connectivity index (χ4n) is 2.80. The number of nitro groups is 1. The van der Waals surface area contributed by atoms with Crippen molar-refractivity contribution >= 4 is 52.2 Å². The van der Waals surface area contributed by atoms with Crippen LogP contribution in [0, 0.1) is 10.1 Å². The lowest BCUT2D eigenvalue weighted by atomic mass is 10.1. The highest BCUT2D eigenvalue weighted by Crippen LogP contribution is 2.32. The van der Waals surface area contributed by atoms with Gasteiger partial charge in [0, 0.05) is 34.8 Å². The summed E-state index contributed by atoms with van der Waals surface area (Å²) >= 11 is 11.9. The molecule has 3 aromatic carbocycles. The third kappa shape index (κ3) is 7.80. The average molecular weight is 517 g/mol. The predicted molar refractivity (Wildman–Crippen MR) is 129 cm³/mol. The Morgan fingerprint density at radius 1 is 0.914 bits per heavy atom. The van der Waals surface area contributed by atoms with Crippen LogP contribution < -0.4 is 10.1 Å². The van der Waals surface area contributed by atoms with Crippen molar-refractivity contribution in [1.29, 1.82) is 0 Å². The number of anilines is 1. The van der Waals surface area contributed by atoms with Gasteiger partial charge in [0.1, 0.15) is 11.5 Å². The first-order valence-electron chi connectivity index (χ1n) is 10.2. The summed E-state index contributed by atoms with van der Waals surface area (Å²) in [6, 6.07) is 16.3. The molecule has 0 unspecified atom stereocenters. The molecule has 3 aromatic rings. The van der Waals surface area contributed by atoms with Gasteiger partial charge in [0.05, 0.1) is 16.4 Å². The Hall–Kier alpha value is -3.95. The standard InChI is InChI=1S/C24H18Cl2N2O7/c25-16-3-10-22(20(26)13-16)35-19-8-4-17(5-9-19)27-23(30)11-12-24(31)34-14-21(29)15-1-6-18(7-2-15)28(32)33/h1-10,13H,11-12,14H2,(H,27,30). The monoisotopic (exact) mass is 516 g/mol. The van der Waals surface area contributed by atoms with E-state index in [0.717, 1.165) is 0 Å². The van der Waals surface area contributed by atoms with Crippen molar-refractivity contribution in [2.75, 3.05) is 11.9 Å². The van der Waals surface area contributed by atoms with Crippen LogP contribution in [0.5, 0.6) is 11.5 Å². The van der Waals surface area contributed by atoms with E-state index in [9.17, 15) is 24.5 Å². The van der Waals surface area contributed by atoms with E-state index >= 15 is 0 Å². The molecule has 0 aliphatic carbocycles. The lowest BCUT2D eigenvalue weighted by Gasteiger charge is -2.09. The van der Waals surface area contributed by atoms with E-state index in [-0.39, 0.29) is 24.1 Å². The second-order valence-corrected chi connectivity index (χ2v) is 7.98.